The van der Waals surface area contributed by atoms with Crippen LogP contribution in [0.3, 0.4) is 0 Å². The standard InChI is InChI=1S/C19H25N5O2/c1-15-4-2-6-24(13-15)18-12-17(20-14-21-18)22-7-9-23(10-8-22)19(25)16-5-3-11-26-16/h3,5,11-12,14-15H,2,4,6-10,13H2,1H3. The average Bonchev–Trinajstić information content (AvgIpc) is 3.22. The second kappa shape index (κ2) is 7.35. The number of hydrogen-bond donors (Lipinski definition) is 0. The number of carbonyl (C=O) groups excluding carboxylic acids is 1. The Hall–Kier alpha value is -2.57. The molecule has 7 nitrogen and oxygen atoms in total. The van der Waals surface area contributed by atoms with E-state index in [1.165, 1.54) is 19.1 Å². The van der Waals surface area contributed by atoms with Crippen LogP contribution in [0.5, 0.6) is 0 Å². The van der Waals surface area contributed by atoms with Gasteiger partial charge in [-0.2, -0.15) is 0 Å². The molecule has 26 heavy (non-hydrogen) atoms. The van der Waals surface area contributed by atoms with Crippen molar-refractivity contribution in [1.82, 2.24) is 14.9 Å². The molecule has 2 fully saturated rings. The molecule has 138 valence electrons. The lowest BCUT2D eigenvalue weighted by Gasteiger charge is -2.36. The van der Waals surface area contributed by atoms with E-state index in [4.69, 9.17) is 4.42 Å². The average molecular weight is 355 g/mol. The van der Waals surface area contributed by atoms with Crippen LogP contribution in [0.4, 0.5) is 11.6 Å². The molecule has 2 aliphatic rings. The highest BCUT2D eigenvalue weighted by Gasteiger charge is 2.25. The fourth-order valence-electron chi connectivity index (χ4n) is 3.78. The first-order chi connectivity index (χ1) is 12.7. The van der Waals surface area contributed by atoms with Crippen LogP contribution < -0.4 is 9.80 Å². The maximum absolute atomic E-state index is 12.4. The number of amides is 1. The van der Waals surface area contributed by atoms with Gasteiger partial charge in [0, 0.05) is 45.3 Å². The molecule has 4 heterocycles. The smallest absolute Gasteiger partial charge is 0.289 e. The molecule has 2 saturated heterocycles. The Labute approximate surface area is 153 Å². The number of furan rings is 1. The molecular formula is C19H25N5O2. The Balaban J connectivity index is 1.40. The number of piperidine rings is 1. The van der Waals surface area contributed by atoms with Crippen molar-refractivity contribution in [2.75, 3.05) is 49.1 Å². The van der Waals surface area contributed by atoms with Crippen LogP contribution in [-0.4, -0.2) is 60.0 Å². The summed E-state index contributed by atoms with van der Waals surface area (Å²) in [6.07, 6.45) is 5.70. The van der Waals surface area contributed by atoms with Gasteiger partial charge in [-0.05, 0) is 30.9 Å². The van der Waals surface area contributed by atoms with Crippen molar-refractivity contribution < 1.29 is 9.21 Å². The van der Waals surface area contributed by atoms with E-state index in [-0.39, 0.29) is 5.91 Å². The highest BCUT2D eigenvalue weighted by Crippen LogP contribution is 2.24. The number of anilines is 2. The molecule has 0 aliphatic carbocycles. The van der Waals surface area contributed by atoms with Crippen LogP contribution in [0, 0.1) is 5.92 Å². The largest absolute Gasteiger partial charge is 0.459 e. The maximum Gasteiger partial charge on any atom is 0.289 e. The molecule has 0 aromatic carbocycles. The molecule has 2 aromatic rings. The fourth-order valence-corrected chi connectivity index (χ4v) is 3.78. The maximum atomic E-state index is 12.4. The molecule has 0 N–H and O–H groups in total. The summed E-state index contributed by atoms with van der Waals surface area (Å²) in [5, 5.41) is 0. The highest BCUT2D eigenvalue weighted by molar-refractivity contribution is 5.91. The summed E-state index contributed by atoms with van der Waals surface area (Å²) in [5.74, 6) is 3.02. The third kappa shape index (κ3) is 3.52. The molecule has 1 amide bonds. The lowest BCUT2D eigenvalue weighted by molar-refractivity contribution is 0.0714. The van der Waals surface area contributed by atoms with Crippen molar-refractivity contribution in [3.63, 3.8) is 0 Å². The van der Waals surface area contributed by atoms with Gasteiger partial charge >= 0.3 is 0 Å². The molecular weight excluding hydrogens is 330 g/mol. The summed E-state index contributed by atoms with van der Waals surface area (Å²) in [4.78, 5) is 27.7. The van der Waals surface area contributed by atoms with Crippen molar-refractivity contribution in [2.24, 2.45) is 5.92 Å². The third-order valence-corrected chi connectivity index (χ3v) is 5.24. The first-order valence-corrected chi connectivity index (χ1v) is 9.35. The van der Waals surface area contributed by atoms with Gasteiger partial charge in [0.2, 0.25) is 0 Å². The zero-order chi connectivity index (χ0) is 17.9. The molecule has 0 saturated carbocycles. The van der Waals surface area contributed by atoms with Gasteiger partial charge in [0.05, 0.1) is 6.26 Å². The molecule has 0 spiro atoms. The normalized spacial score (nSPS) is 21.1. The summed E-state index contributed by atoms with van der Waals surface area (Å²) in [6.45, 7) is 7.27. The Kier molecular flexibility index (Phi) is 4.77. The molecule has 4 rings (SSSR count). The highest BCUT2D eigenvalue weighted by atomic mass is 16.3. The van der Waals surface area contributed by atoms with Crippen LogP contribution in [0.2, 0.25) is 0 Å². The number of rotatable bonds is 3. The van der Waals surface area contributed by atoms with E-state index in [0.717, 1.165) is 37.8 Å². The summed E-state index contributed by atoms with van der Waals surface area (Å²) in [7, 11) is 0. The van der Waals surface area contributed by atoms with Gasteiger partial charge in [0.25, 0.3) is 5.91 Å². The topological polar surface area (TPSA) is 65.7 Å². The predicted octanol–water partition coefficient (Wildman–Crippen LogP) is 2.27. The Morgan fingerprint density at radius 3 is 2.58 bits per heavy atom. The first-order valence-electron chi connectivity index (χ1n) is 9.35. The van der Waals surface area contributed by atoms with Crippen LogP contribution in [0.25, 0.3) is 0 Å². The molecule has 1 atom stereocenters. The number of carbonyl (C=O) groups is 1. The minimum Gasteiger partial charge on any atom is -0.459 e. The first kappa shape index (κ1) is 16.9. The van der Waals surface area contributed by atoms with E-state index in [0.29, 0.717) is 24.8 Å². The molecule has 7 heteroatoms. The van der Waals surface area contributed by atoms with Gasteiger partial charge < -0.3 is 19.1 Å². The van der Waals surface area contributed by atoms with Crippen molar-refractivity contribution in [3.05, 3.63) is 36.5 Å². The second-order valence-corrected chi connectivity index (χ2v) is 7.18. The van der Waals surface area contributed by atoms with Crippen LogP contribution in [0.1, 0.15) is 30.3 Å². The Bertz CT molecular complexity index is 740. The van der Waals surface area contributed by atoms with E-state index in [9.17, 15) is 4.79 Å². The van der Waals surface area contributed by atoms with Crippen molar-refractivity contribution >= 4 is 17.5 Å². The van der Waals surface area contributed by atoms with Crippen LogP contribution in [0.15, 0.2) is 35.2 Å². The number of piperazine rings is 1. The van der Waals surface area contributed by atoms with Gasteiger partial charge in [-0.25, -0.2) is 9.97 Å². The number of aromatic nitrogens is 2. The van der Waals surface area contributed by atoms with Gasteiger partial charge in [-0.3, -0.25) is 4.79 Å². The van der Waals surface area contributed by atoms with Crippen LogP contribution >= 0.6 is 0 Å². The minimum atomic E-state index is -0.0414. The zero-order valence-corrected chi connectivity index (χ0v) is 15.2. The summed E-state index contributed by atoms with van der Waals surface area (Å²) < 4.78 is 5.22. The third-order valence-electron chi connectivity index (χ3n) is 5.24. The summed E-state index contributed by atoms with van der Waals surface area (Å²) in [6, 6.07) is 5.54. The van der Waals surface area contributed by atoms with E-state index in [2.05, 4.69) is 32.8 Å². The SMILES string of the molecule is CC1CCCN(c2cc(N3CCN(C(=O)c4ccco4)CC3)ncn2)C1. The molecule has 2 aromatic heterocycles. The van der Waals surface area contributed by atoms with E-state index < -0.39 is 0 Å². The van der Waals surface area contributed by atoms with E-state index >= 15 is 0 Å². The van der Waals surface area contributed by atoms with Gasteiger partial charge in [0.1, 0.15) is 18.0 Å². The molecule has 1 unspecified atom stereocenters. The summed E-state index contributed by atoms with van der Waals surface area (Å²) in [5.41, 5.74) is 0. The van der Waals surface area contributed by atoms with Crippen molar-refractivity contribution in [2.45, 2.75) is 19.8 Å². The quantitative estimate of drug-likeness (QED) is 0.841. The Morgan fingerprint density at radius 2 is 1.88 bits per heavy atom. The monoisotopic (exact) mass is 355 g/mol. The zero-order valence-electron chi connectivity index (χ0n) is 15.2. The van der Waals surface area contributed by atoms with Gasteiger partial charge in [-0.1, -0.05) is 6.92 Å². The molecule has 2 aliphatic heterocycles. The minimum absolute atomic E-state index is 0.0414. The number of hydrogen-bond acceptors (Lipinski definition) is 6. The van der Waals surface area contributed by atoms with Crippen molar-refractivity contribution in [3.8, 4) is 0 Å². The summed E-state index contributed by atoms with van der Waals surface area (Å²) >= 11 is 0. The molecule has 0 radical (unpaired) electrons. The van der Waals surface area contributed by atoms with Crippen LogP contribution in [-0.2, 0) is 0 Å². The lowest BCUT2D eigenvalue weighted by Crippen LogP contribution is -2.49. The van der Waals surface area contributed by atoms with E-state index in [1.807, 2.05) is 4.90 Å². The number of nitrogens with zero attached hydrogens (tertiary/aromatic N) is 5. The second-order valence-electron chi connectivity index (χ2n) is 7.18. The fraction of sp³-hybridized carbons (Fsp3) is 0.526. The lowest BCUT2D eigenvalue weighted by atomic mass is 10.0. The van der Waals surface area contributed by atoms with Gasteiger partial charge in [-0.15, -0.1) is 0 Å². The van der Waals surface area contributed by atoms with E-state index in [1.54, 1.807) is 18.5 Å². The Morgan fingerprint density at radius 1 is 1.12 bits per heavy atom. The van der Waals surface area contributed by atoms with Gasteiger partial charge in [0.15, 0.2) is 5.76 Å². The molecule has 0 bridgehead atoms. The van der Waals surface area contributed by atoms with Crippen molar-refractivity contribution in [1.29, 1.82) is 0 Å². The predicted molar refractivity (Wildman–Crippen MR) is 99.5 cm³/mol.